The first kappa shape index (κ1) is 53.2. The minimum atomic E-state index is -1.07. The molecule has 0 saturated heterocycles. The molecule has 4 aromatic rings. The Kier molecular flexibility index (Phi) is 18.5. The van der Waals surface area contributed by atoms with Gasteiger partial charge in [-0.25, -0.2) is 27.2 Å². The van der Waals surface area contributed by atoms with E-state index >= 15 is 0 Å². The quantitative estimate of drug-likeness (QED) is 0.0844. The first-order chi connectivity index (χ1) is 29.7. The molecule has 0 fully saturated rings. The van der Waals surface area contributed by atoms with Crippen molar-refractivity contribution in [3.8, 4) is 0 Å². The zero-order valence-electron chi connectivity index (χ0n) is 37.1. The van der Waals surface area contributed by atoms with Crippen molar-refractivity contribution < 1.29 is 80.4 Å². The molecule has 2 amide bonds. The number of halogens is 4. The number of carbonyl (C=O) groups excluding carboxylic acids is 3. The Balaban J connectivity index is 0.000000335. The Morgan fingerprint density at radius 2 is 1.05 bits per heavy atom. The Labute approximate surface area is 385 Å². The number of hydrogen-bond donors (Lipinski definition) is 3. The number of carbonyl (C=O) groups is 4. The second-order valence-electron chi connectivity index (χ2n) is 16.6. The third kappa shape index (κ3) is 13.9. The van der Waals surface area contributed by atoms with Gasteiger partial charge in [0.15, 0.2) is 23.3 Å². The van der Waals surface area contributed by atoms with E-state index in [0.29, 0.717) is 22.5 Å². The van der Waals surface area contributed by atoms with Crippen LogP contribution in [0.2, 0.25) is 0 Å². The number of nitrogens with zero attached hydrogens (tertiary/aromatic N) is 4. The molecule has 2 aliphatic rings. The number of carboxylic acid groups (broad SMARTS) is 1. The number of allylic oxidation sites excluding steroid dienone is 2. The standard InChI is InChI=1S/C23H25F2N3O4.C22H23F2N3O4.Li.H2O/c1-23(2,3)32-22(30)28-20-15(14-6-5-7-16(24)18(14)25)9-8-13(12-17(29)31-4)19-21(20)27-11-10-26-19;1-22(2,3)31-21(30)27-19-14(13-5-4-6-15(23)17(13)24)8-7-12(11-16(28)29)18-20(19)26-10-9-25-18;;/h5-8,10-11,15,20H,9,12H2,1-4H3,(H,28,30);4-7,9-10,14,19H,8,11H2,1-3H3,(H,27,30)(H,28,29);;1H2/q;;+1;/p-1/t15-,20-;14-,19-;;/m00../s1. The van der Waals surface area contributed by atoms with Gasteiger partial charge < -0.3 is 35.4 Å². The van der Waals surface area contributed by atoms with Crippen LogP contribution in [0.1, 0.15) is 125 Å². The van der Waals surface area contributed by atoms with Gasteiger partial charge in [-0.2, -0.15) is 0 Å². The normalized spacial score (nSPS) is 17.7. The van der Waals surface area contributed by atoms with Gasteiger partial charge in [-0.1, -0.05) is 36.4 Å². The zero-order chi connectivity index (χ0) is 46.2. The monoisotopic (exact) mass is 900 g/mol. The average molecular weight is 901 g/mol. The van der Waals surface area contributed by atoms with E-state index in [1.807, 2.05) is 0 Å². The summed E-state index contributed by atoms with van der Waals surface area (Å²) in [6.45, 7) is 10.2. The van der Waals surface area contributed by atoms with E-state index in [-0.39, 0.29) is 72.5 Å². The Morgan fingerprint density at radius 1 is 0.662 bits per heavy atom. The fourth-order valence-corrected chi connectivity index (χ4v) is 7.17. The van der Waals surface area contributed by atoms with Crippen LogP contribution >= 0.6 is 0 Å². The minimum Gasteiger partial charge on any atom is -0.870 e. The summed E-state index contributed by atoms with van der Waals surface area (Å²) in [7, 11) is 1.27. The maximum Gasteiger partial charge on any atom is 1.00 e. The van der Waals surface area contributed by atoms with Crippen molar-refractivity contribution in [2.75, 3.05) is 7.11 Å². The van der Waals surface area contributed by atoms with Crippen molar-refractivity contribution in [2.45, 2.75) is 102 Å². The van der Waals surface area contributed by atoms with Gasteiger partial charge in [-0.15, -0.1) is 0 Å². The molecule has 0 aliphatic heterocycles. The SMILES string of the molecule is CC(C)(C)OC(=O)N[C@@H]1c2nccnc2C(CC(=O)O)=CC[C@H]1c1cccc(F)c1F.COC(=O)CC1=CC[C@@H](c2cccc(F)c2F)[C@H](NC(=O)OC(C)(C)C)c2nccnc21.[Li+].[OH-]. The van der Waals surface area contributed by atoms with E-state index in [2.05, 4.69) is 30.6 Å². The summed E-state index contributed by atoms with van der Waals surface area (Å²) < 4.78 is 73.0. The van der Waals surface area contributed by atoms with Gasteiger partial charge in [0.1, 0.15) is 11.2 Å². The molecule has 2 heterocycles. The molecule has 15 nitrogen and oxygen atoms in total. The number of benzene rings is 2. The van der Waals surface area contributed by atoms with Gasteiger partial charge in [0, 0.05) is 36.6 Å². The smallest absolute Gasteiger partial charge is 0.870 e. The van der Waals surface area contributed by atoms with Crippen LogP contribution in [0.15, 0.2) is 73.3 Å². The van der Waals surface area contributed by atoms with E-state index in [1.54, 1.807) is 53.7 Å². The first-order valence-corrected chi connectivity index (χ1v) is 19.8. The maximum atomic E-state index is 14.8. The second kappa shape index (κ2) is 22.6. The van der Waals surface area contributed by atoms with Crippen molar-refractivity contribution in [2.24, 2.45) is 0 Å². The Morgan fingerprint density at radius 3 is 1.42 bits per heavy atom. The molecule has 0 bridgehead atoms. The molecule has 4 atom stereocenters. The Hall–Kier alpha value is -6.16. The number of rotatable bonds is 8. The largest absolute Gasteiger partial charge is 1.00 e. The van der Waals surface area contributed by atoms with Crippen LogP contribution in [0.25, 0.3) is 11.1 Å². The van der Waals surface area contributed by atoms with Crippen LogP contribution < -0.4 is 29.5 Å². The third-order valence-corrected chi connectivity index (χ3v) is 9.70. The molecule has 342 valence electrons. The van der Waals surface area contributed by atoms with Crippen molar-refractivity contribution >= 4 is 35.3 Å². The fourth-order valence-electron chi connectivity index (χ4n) is 7.17. The number of aromatic nitrogens is 4. The molecule has 6 rings (SSSR count). The van der Waals surface area contributed by atoms with E-state index in [0.717, 1.165) is 12.1 Å². The van der Waals surface area contributed by atoms with Gasteiger partial charge >= 0.3 is 43.0 Å². The predicted octanol–water partition coefficient (Wildman–Crippen LogP) is 5.65. The molecule has 65 heavy (non-hydrogen) atoms. The number of hydrogen-bond acceptors (Lipinski definition) is 12. The van der Waals surface area contributed by atoms with Crippen molar-refractivity contribution in [3.63, 3.8) is 0 Å². The van der Waals surface area contributed by atoms with Crippen LogP contribution in [0, 0.1) is 23.3 Å². The van der Waals surface area contributed by atoms with Crippen LogP contribution in [-0.4, -0.2) is 73.0 Å². The topological polar surface area (TPSA) is 222 Å². The van der Waals surface area contributed by atoms with Crippen LogP contribution in [-0.2, 0) is 23.8 Å². The molecule has 2 aromatic heterocycles. The van der Waals surface area contributed by atoms with Gasteiger partial charge in [-0.05, 0) is 88.8 Å². The number of nitrogens with one attached hydrogen (secondary N) is 2. The Bertz CT molecular complexity index is 2430. The molecule has 20 heteroatoms. The van der Waals surface area contributed by atoms with Crippen molar-refractivity contribution in [1.29, 1.82) is 0 Å². The van der Waals surface area contributed by atoms with Crippen LogP contribution in [0.3, 0.4) is 0 Å². The first-order valence-electron chi connectivity index (χ1n) is 19.8. The van der Waals surface area contributed by atoms with Crippen LogP contribution in [0.4, 0.5) is 27.2 Å². The molecule has 0 spiro atoms. The summed E-state index contributed by atoms with van der Waals surface area (Å²) in [4.78, 5) is 65.8. The van der Waals surface area contributed by atoms with E-state index in [4.69, 9.17) is 14.2 Å². The number of aliphatic carboxylic acids is 1. The summed E-state index contributed by atoms with van der Waals surface area (Å²) in [5.74, 6) is -7.14. The van der Waals surface area contributed by atoms with E-state index < -0.39 is 82.5 Å². The number of carboxylic acids is 1. The number of ether oxygens (including phenoxy) is 3. The molecule has 0 unspecified atom stereocenters. The number of alkyl carbamates (subject to hydrolysis) is 2. The van der Waals surface area contributed by atoms with E-state index in [9.17, 15) is 41.8 Å². The second-order valence-corrected chi connectivity index (χ2v) is 16.6. The minimum absolute atomic E-state index is 0. The van der Waals surface area contributed by atoms with Crippen molar-refractivity contribution in [3.05, 3.63) is 131 Å². The van der Waals surface area contributed by atoms with Crippen molar-refractivity contribution in [1.82, 2.24) is 30.6 Å². The molecule has 2 aromatic carbocycles. The van der Waals surface area contributed by atoms with Gasteiger partial charge in [-0.3, -0.25) is 29.5 Å². The summed E-state index contributed by atoms with van der Waals surface area (Å²) in [5.41, 5.74) is 0.681. The summed E-state index contributed by atoms with van der Waals surface area (Å²) in [6.07, 6.45) is 7.42. The van der Waals surface area contributed by atoms with E-state index in [1.165, 1.54) is 56.2 Å². The number of amides is 2. The summed E-state index contributed by atoms with van der Waals surface area (Å²) in [5, 5.41) is 14.8. The maximum absolute atomic E-state index is 14.8. The van der Waals surface area contributed by atoms with Gasteiger partial charge in [0.25, 0.3) is 0 Å². The number of esters is 1. The molecular formula is C45H49F4LiN6O9. The molecule has 0 saturated carbocycles. The van der Waals surface area contributed by atoms with Crippen LogP contribution in [0.5, 0.6) is 0 Å². The third-order valence-electron chi connectivity index (χ3n) is 9.70. The van der Waals surface area contributed by atoms with Gasteiger partial charge in [0.05, 0.1) is 54.8 Å². The number of fused-ring (bicyclic) bond motifs is 2. The summed E-state index contributed by atoms with van der Waals surface area (Å²) in [6, 6.07) is 5.88. The zero-order valence-corrected chi connectivity index (χ0v) is 37.1. The fraction of sp³-hybridized carbons (Fsp3) is 0.378. The molecule has 0 radical (unpaired) electrons. The number of methoxy groups -OCH3 is 1. The average Bonchev–Trinajstić information content (AvgIpc) is 3.43. The molecule has 4 N–H and O–H groups in total. The van der Waals surface area contributed by atoms with Gasteiger partial charge in [0.2, 0.25) is 0 Å². The predicted molar refractivity (Wildman–Crippen MR) is 222 cm³/mol. The molecule has 2 aliphatic carbocycles. The molecular weight excluding hydrogens is 851 g/mol. The summed E-state index contributed by atoms with van der Waals surface area (Å²) >= 11 is 0.